The van der Waals surface area contributed by atoms with Gasteiger partial charge in [0.1, 0.15) is 11.5 Å². The first-order valence-electron chi connectivity index (χ1n) is 9.04. The second kappa shape index (κ2) is 6.84. The van der Waals surface area contributed by atoms with E-state index < -0.39 is 0 Å². The molecule has 1 aromatic carbocycles. The average molecular weight is 336 g/mol. The van der Waals surface area contributed by atoms with E-state index in [0.29, 0.717) is 0 Å². The van der Waals surface area contributed by atoms with E-state index in [9.17, 15) is 0 Å². The van der Waals surface area contributed by atoms with Crippen LogP contribution in [0.1, 0.15) is 31.3 Å². The van der Waals surface area contributed by atoms with Gasteiger partial charge in [-0.3, -0.25) is 0 Å². The van der Waals surface area contributed by atoms with Crippen molar-refractivity contribution in [3.05, 3.63) is 48.2 Å². The van der Waals surface area contributed by atoms with Crippen molar-refractivity contribution < 1.29 is 4.74 Å². The molecule has 0 bridgehead atoms. The Labute approximate surface area is 148 Å². The minimum absolute atomic E-state index is 0.265. The first-order valence-corrected chi connectivity index (χ1v) is 9.04. The van der Waals surface area contributed by atoms with Gasteiger partial charge in [0.05, 0.1) is 30.4 Å². The number of rotatable bonds is 5. The third-order valence-corrected chi connectivity index (χ3v) is 4.80. The van der Waals surface area contributed by atoms with Gasteiger partial charge in [-0.1, -0.05) is 37.3 Å². The van der Waals surface area contributed by atoms with E-state index in [-0.39, 0.29) is 6.10 Å². The lowest BCUT2D eigenvalue weighted by molar-refractivity contribution is 0.0973. The zero-order valence-electron chi connectivity index (χ0n) is 14.8. The molecule has 2 aromatic heterocycles. The van der Waals surface area contributed by atoms with Crippen LogP contribution in [0.5, 0.6) is 0 Å². The summed E-state index contributed by atoms with van der Waals surface area (Å²) in [4.78, 5) is 13.0. The second-order valence-corrected chi connectivity index (χ2v) is 6.61. The summed E-state index contributed by atoms with van der Waals surface area (Å²) in [7, 11) is 0. The van der Waals surface area contributed by atoms with Crippen molar-refractivity contribution in [2.45, 2.75) is 45.8 Å². The Morgan fingerprint density at radius 2 is 2.08 bits per heavy atom. The van der Waals surface area contributed by atoms with Crippen molar-refractivity contribution in [1.82, 2.24) is 19.5 Å². The quantitative estimate of drug-likeness (QED) is 0.766. The van der Waals surface area contributed by atoms with Crippen LogP contribution in [-0.2, 0) is 17.7 Å². The summed E-state index contributed by atoms with van der Waals surface area (Å²) in [5.74, 6) is 1.01. The average Bonchev–Trinajstić information content (AvgIpc) is 3.36. The molecular weight excluding hydrogens is 312 g/mol. The van der Waals surface area contributed by atoms with Gasteiger partial charge in [-0.25, -0.2) is 9.97 Å². The zero-order chi connectivity index (χ0) is 17.2. The molecule has 0 saturated carbocycles. The van der Waals surface area contributed by atoms with E-state index in [2.05, 4.69) is 35.5 Å². The van der Waals surface area contributed by atoms with Gasteiger partial charge in [0.2, 0.25) is 0 Å². The van der Waals surface area contributed by atoms with Crippen LogP contribution in [0.15, 0.2) is 36.7 Å². The highest BCUT2D eigenvalue weighted by atomic mass is 16.5. The maximum atomic E-state index is 5.84. The maximum Gasteiger partial charge on any atom is 0.110 e. The summed E-state index contributed by atoms with van der Waals surface area (Å²) in [6, 6.07) is 10.3. The summed E-state index contributed by atoms with van der Waals surface area (Å²) in [6.45, 7) is 5.88. The van der Waals surface area contributed by atoms with Crippen LogP contribution in [0.3, 0.4) is 0 Å². The molecule has 3 heterocycles. The molecule has 0 aliphatic carbocycles. The third kappa shape index (κ3) is 3.12. The predicted molar refractivity (Wildman–Crippen MR) is 98.3 cm³/mol. The molecule has 1 atom stereocenters. The molecule has 0 unspecified atom stereocenters. The molecule has 1 saturated heterocycles. The number of aromatic amines is 1. The van der Waals surface area contributed by atoms with Gasteiger partial charge < -0.3 is 14.3 Å². The molecule has 1 aliphatic heterocycles. The number of benzene rings is 1. The Morgan fingerprint density at radius 1 is 1.24 bits per heavy atom. The summed E-state index contributed by atoms with van der Waals surface area (Å²) in [5, 5.41) is 0. The first-order chi connectivity index (χ1) is 12.3. The zero-order valence-corrected chi connectivity index (χ0v) is 14.8. The number of hydrogen-bond acceptors (Lipinski definition) is 3. The highest BCUT2D eigenvalue weighted by Crippen LogP contribution is 2.33. The Morgan fingerprint density at radius 3 is 2.76 bits per heavy atom. The van der Waals surface area contributed by atoms with E-state index in [4.69, 9.17) is 14.7 Å². The topological polar surface area (TPSA) is 55.7 Å². The van der Waals surface area contributed by atoms with Crippen molar-refractivity contribution in [1.29, 1.82) is 0 Å². The Bertz CT molecular complexity index is 844. The summed E-state index contributed by atoms with van der Waals surface area (Å²) in [6.07, 6.45) is 5.33. The lowest BCUT2D eigenvalue weighted by atomic mass is 10.1. The lowest BCUT2D eigenvalue weighted by Gasteiger charge is -2.14. The van der Waals surface area contributed by atoms with Gasteiger partial charge >= 0.3 is 0 Å². The molecule has 1 aliphatic rings. The van der Waals surface area contributed by atoms with Gasteiger partial charge in [-0.2, -0.15) is 0 Å². The van der Waals surface area contributed by atoms with Gasteiger partial charge in [0.25, 0.3) is 0 Å². The minimum atomic E-state index is 0.265. The van der Waals surface area contributed by atoms with E-state index in [1.807, 2.05) is 24.5 Å². The molecule has 3 aromatic rings. The normalized spacial score (nSPS) is 17.3. The van der Waals surface area contributed by atoms with Crippen molar-refractivity contribution in [2.24, 2.45) is 0 Å². The summed E-state index contributed by atoms with van der Waals surface area (Å²) < 4.78 is 8.05. The smallest absolute Gasteiger partial charge is 0.110 e. The Hall–Kier alpha value is -2.40. The molecule has 1 fully saturated rings. The second-order valence-electron chi connectivity index (χ2n) is 6.61. The van der Waals surface area contributed by atoms with Crippen LogP contribution in [-0.4, -0.2) is 32.2 Å². The van der Waals surface area contributed by atoms with Gasteiger partial charge in [0.15, 0.2) is 0 Å². The minimum Gasteiger partial charge on any atom is -0.376 e. The highest BCUT2D eigenvalue weighted by Gasteiger charge is 2.23. The van der Waals surface area contributed by atoms with E-state index in [1.165, 1.54) is 0 Å². The van der Waals surface area contributed by atoms with E-state index in [1.54, 1.807) is 0 Å². The fourth-order valence-corrected chi connectivity index (χ4v) is 3.50. The standard InChI is InChI=1S/C20H24N4O/c1-3-17-22-14(2)18(23-17)20-19(15-8-5-4-6-9-15)21-13-24(20)12-16-10-7-11-25-16/h4-6,8-9,13,16H,3,7,10-12H2,1-2H3,(H,22,23)/t16-/m0/s1. The molecule has 1 N–H and O–H groups in total. The number of hydrogen-bond donors (Lipinski definition) is 1. The molecule has 5 heteroatoms. The molecule has 0 amide bonds. The van der Waals surface area contributed by atoms with Crippen molar-refractivity contribution in [3.8, 4) is 22.6 Å². The molecule has 5 nitrogen and oxygen atoms in total. The number of aromatic nitrogens is 4. The molecule has 0 spiro atoms. The number of ether oxygens (including phenoxy) is 1. The van der Waals surface area contributed by atoms with Crippen LogP contribution in [0.2, 0.25) is 0 Å². The van der Waals surface area contributed by atoms with Gasteiger partial charge in [-0.05, 0) is 19.8 Å². The van der Waals surface area contributed by atoms with Gasteiger partial charge in [-0.15, -0.1) is 0 Å². The van der Waals surface area contributed by atoms with Crippen LogP contribution in [0.4, 0.5) is 0 Å². The van der Waals surface area contributed by atoms with Crippen molar-refractivity contribution >= 4 is 0 Å². The van der Waals surface area contributed by atoms with Crippen LogP contribution >= 0.6 is 0 Å². The SMILES string of the molecule is CCc1nc(-c2c(-c3ccccc3)ncn2C[C@@H]2CCCO2)c(C)[nH]1. The largest absolute Gasteiger partial charge is 0.376 e. The lowest BCUT2D eigenvalue weighted by Crippen LogP contribution is -2.15. The number of imidazole rings is 2. The van der Waals surface area contributed by atoms with E-state index >= 15 is 0 Å². The van der Waals surface area contributed by atoms with Crippen LogP contribution in [0.25, 0.3) is 22.6 Å². The Kier molecular flexibility index (Phi) is 4.40. The first kappa shape index (κ1) is 16.1. The molecule has 130 valence electrons. The monoisotopic (exact) mass is 336 g/mol. The fourth-order valence-electron chi connectivity index (χ4n) is 3.50. The Balaban J connectivity index is 1.82. The van der Waals surface area contributed by atoms with E-state index in [0.717, 1.165) is 66.6 Å². The third-order valence-electron chi connectivity index (χ3n) is 4.80. The number of nitrogens with zero attached hydrogens (tertiary/aromatic N) is 3. The number of aryl methyl sites for hydroxylation is 2. The predicted octanol–water partition coefficient (Wildman–Crippen LogP) is 3.99. The molecule has 0 radical (unpaired) electrons. The molecular formula is C20H24N4O. The number of H-pyrrole nitrogens is 1. The summed E-state index contributed by atoms with van der Waals surface area (Å²) in [5.41, 5.74) is 5.25. The maximum absolute atomic E-state index is 5.84. The molecule has 25 heavy (non-hydrogen) atoms. The van der Waals surface area contributed by atoms with Gasteiger partial charge in [0, 0.05) is 24.3 Å². The van der Waals surface area contributed by atoms with Crippen molar-refractivity contribution in [2.75, 3.05) is 6.61 Å². The van der Waals surface area contributed by atoms with Crippen LogP contribution in [0, 0.1) is 6.92 Å². The van der Waals surface area contributed by atoms with Crippen molar-refractivity contribution in [3.63, 3.8) is 0 Å². The summed E-state index contributed by atoms with van der Waals surface area (Å²) >= 11 is 0. The van der Waals surface area contributed by atoms with Crippen LogP contribution < -0.4 is 0 Å². The fraction of sp³-hybridized carbons (Fsp3) is 0.400. The highest BCUT2D eigenvalue weighted by molar-refractivity contribution is 5.77. The number of nitrogens with one attached hydrogen (secondary N) is 1. The molecule has 4 rings (SSSR count).